The summed E-state index contributed by atoms with van der Waals surface area (Å²) < 4.78 is 1.75. The lowest BCUT2D eigenvalue weighted by atomic mass is 10.00. The van der Waals surface area contributed by atoms with Crippen LogP contribution in [0.25, 0.3) is 5.69 Å². The minimum absolute atomic E-state index is 0.312. The summed E-state index contributed by atoms with van der Waals surface area (Å²) in [6.45, 7) is 0. The van der Waals surface area contributed by atoms with Crippen molar-refractivity contribution in [2.75, 3.05) is 0 Å². The van der Waals surface area contributed by atoms with Gasteiger partial charge in [-0.25, -0.2) is 0 Å². The van der Waals surface area contributed by atoms with Crippen LogP contribution in [0, 0.1) is 0 Å². The van der Waals surface area contributed by atoms with E-state index in [1.807, 2.05) is 6.07 Å². The highest BCUT2D eigenvalue weighted by Crippen LogP contribution is 2.20. The fourth-order valence-corrected chi connectivity index (χ4v) is 2.07. The number of hydrogen-bond donors (Lipinski definition) is 1. The van der Waals surface area contributed by atoms with Crippen molar-refractivity contribution in [3.63, 3.8) is 0 Å². The average molecular weight is 279 g/mol. The number of carbonyl (C=O) groups excluding carboxylic acids is 1. The number of ketones is 1. The van der Waals surface area contributed by atoms with Gasteiger partial charge < -0.3 is 5.11 Å². The van der Waals surface area contributed by atoms with E-state index in [1.165, 1.54) is 0 Å². The van der Waals surface area contributed by atoms with E-state index in [0.717, 1.165) is 5.69 Å². The van der Waals surface area contributed by atoms with Crippen LogP contribution in [0.4, 0.5) is 0 Å². The Kier molecular flexibility index (Phi) is 3.57. The number of hydrogen-bond acceptors (Lipinski definition) is 4. The molecule has 1 N–H and O–H groups in total. The van der Waals surface area contributed by atoms with Crippen molar-refractivity contribution in [3.8, 4) is 5.69 Å². The van der Waals surface area contributed by atoms with Crippen LogP contribution in [-0.2, 0) is 0 Å². The molecule has 1 atom stereocenters. The van der Waals surface area contributed by atoms with Crippen LogP contribution in [0.1, 0.15) is 22.0 Å². The minimum Gasteiger partial charge on any atom is -0.380 e. The molecule has 0 spiro atoms. The zero-order valence-electron chi connectivity index (χ0n) is 11.1. The maximum Gasteiger partial charge on any atom is 0.195 e. The van der Waals surface area contributed by atoms with E-state index in [4.69, 9.17) is 0 Å². The molecule has 5 nitrogen and oxygen atoms in total. The summed E-state index contributed by atoms with van der Waals surface area (Å²) >= 11 is 0. The summed E-state index contributed by atoms with van der Waals surface area (Å²) in [5.41, 5.74) is 1.91. The first-order valence-corrected chi connectivity index (χ1v) is 6.48. The normalized spacial score (nSPS) is 12.0. The van der Waals surface area contributed by atoms with Crippen molar-refractivity contribution in [3.05, 3.63) is 78.4 Å². The van der Waals surface area contributed by atoms with E-state index in [1.54, 1.807) is 65.8 Å². The molecule has 1 heterocycles. The molecule has 2 aromatic carbocycles. The highest BCUT2D eigenvalue weighted by molar-refractivity contribution is 5.99. The zero-order valence-corrected chi connectivity index (χ0v) is 11.1. The topological polar surface area (TPSA) is 68.0 Å². The average Bonchev–Trinajstić information content (AvgIpc) is 3.09. The lowest BCUT2D eigenvalue weighted by molar-refractivity contribution is 0.0747. The van der Waals surface area contributed by atoms with E-state index >= 15 is 0 Å². The lowest BCUT2D eigenvalue weighted by Gasteiger charge is -2.11. The Bertz CT molecular complexity index is 722. The Morgan fingerprint density at radius 2 is 1.57 bits per heavy atom. The summed E-state index contributed by atoms with van der Waals surface area (Å²) in [6, 6.07) is 15.8. The van der Waals surface area contributed by atoms with Crippen LogP contribution in [-0.4, -0.2) is 25.7 Å². The maximum atomic E-state index is 12.2. The fourth-order valence-electron chi connectivity index (χ4n) is 2.07. The van der Waals surface area contributed by atoms with Crippen molar-refractivity contribution in [2.45, 2.75) is 6.10 Å². The van der Waals surface area contributed by atoms with Crippen molar-refractivity contribution < 1.29 is 9.90 Å². The second kappa shape index (κ2) is 5.68. The predicted octanol–water partition coefficient (Wildman–Crippen LogP) is 2.18. The molecule has 0 radical (unpaired) electrons. The van der Waals surface area contributed by atoms with Gasteiger partial charge in [0.25, 0.3) is 0 Å². The van der Waals surface area contributed by atoms with Gasteiger partial charge in [0.2, 0.25) is 0 Å². The number of Topliss-reactive ketones (excluding diaryl/α,β-unsaturated/α-hetero) is 1. The maximum absolute atomic E-state index is 12.2. The molecule has 0 fully saturated rings. The van der Waals surface area contributed by atoms with Crippen LogP contribution >= 0.6 is 0 Å². The van der Waals surface area contributed by atoms with Gasteiger partial charge in [-0.2, -0.15) is 0 Å². The van der Waals surface area contributed by atoms with Crippen LogP contribution in [0.5, 0.6) is 0 Å². The van der Waals surface area contributed by atoms with Gasteiger partial charge in [0.1, 0.15) is 18.8 Å². The molecule has 0 aliphatic carbocycles. The molecule has 0 saturated heterocycles. The van der Waals surface area contributed by atoms with Gasteiger partial charge in [-0.1, -0.05) is 42.5 Å². The molecule has 1 aromatic heterocycles. The number of benzene rings is 2. The third kappa shape index (κ3) is 2.73. The third-order valence-corrected chi connectivity index (χ3v) is 3.23. The van der Waals surface area contributed by atoms with Crippen LogP contribution < -0.4 is 0 Å². The highest BCUT2D eigenvalue weighted by Gasteiger charge is 2.18. The van der Waals surface area contributed by atoms with Gasteiger partial charge in [-0.15, -0.1) is 10.2 Å². The summed E-state index contributed by atoms with van der Waals surface area (Å²) in [7, 11) is 0. The summed E-state index contributed by atoms with van der Waals surface area (Å²) in [6.07, 6.45) is 2.00. The Morgan fingerprint density at radius 1 is 0.952 bits per heavy atom. The molecular weight excluding hydrogens is 266 g/mol. The lowest BCUT2D eigenvalue weighted by Crippen LogP contribution is -2.12. The van der Waals surface area contributed by atoms with E-state index in [2.05, 4.69) is 10.2 Å². The van der Waals surface area contributed by atoms with Crippen LogP contribution in [0.2, 0.25) is 0 Å². The van der Waals surface area contributed by atoms with Crippen molar-refractivity contribution >= 4 is 5.78 Å². The van der Waals surface area contributed by atoms with Crippen LogP contribution in [0.15, 0.2) is 67.3 Å². The largest absolute Gasteiger partial charge is 0.380 e. The molecule has 0 saturated carbocycles. The first kappa shape index (κ1) is 13.2. The Morgan fingerprint density at radius 3 is 2.19 bits per heavy atom. The third-order valence-electron chi connectivity index (χ3n) is 3.23. The van der Waals surface area contributed by atoms with E-state index < -0.39 is 6.10 Å². The van der Waals surface area contributed by atoms with Crippen molar-refractivity contribution in [1.29, 1.82) is 0 Å². The Hall–Kier alpha value is -2.79. The van der Waals surface area contributed by atoms with Gasteiger partial charge >= 0.3 is 0 Å². The number of aliphatic hydroxyl groups excluding tert-OH is 1. The molecule has 1 unspecified atom stereocenters. The first-order valence-electron chi connectivity index (χ1n) is 6.48. The van der Waals surface area contributed by atoms with Gasteiger partial charge in [0.05, 0.1) is 0 Å². The number of carbonyl (C=O) groups is 1. The molecule has 0 aliphatic heterocycles. The molecule has 0 bridgehead atoms. The minimum atomic E-state index is -1.16. The number of aromatic nitrogens is 3. The summed E-state index contributed by atoms with van der Waals surface area (Å²) in [5.74, 6) is -0.312. The summed E-state index contributed by atoms with van der Waals surface area (Å²) in [4.78, 5) is 12.2. The number of rotatable bonds is 4. The number of aliphatic hydroxyl groups is 1. The first-order chi connectivity index (χ1) is 10.3. The monoisotopic (exact) mass is 279 g/mol. The SMILES string of the molecule is O=C(c1ccccc1)C(O)c1ccc(-n2cnnc2)cc1. The zero-order chi connectivity index (χ0) is 14.7. The van der Waals surface area contributed by atoms with Gasteiger partial charge in [-0.05, 0) is 17.7 Å². The molecular formula is C16H13N3O2. The van der Waals surface area contributed by atoms with E-state index in [0.29, 0.717) is 11.1 Å². The van der Waals surface area contributed by atoms with E-state index in [-0.39, 0.29) is 5.78 Å². The Balaban J connectivity index is 1.82. The molecule has 21 heavy (non-hydrogen) atoms. The van der Waals surface area contributed by atoms with E-state index in [9.17, 15) is 9.90 Å². The number of nitrogens with zero attached hydrogens (tertiary/aromatic N) is 3. The highest BCUT2D eigenvalue weighted by atomic mass is 16.3. The standard InChI is InChI=1S/C16H13N3O2/c20-15(12-4-2-1-3-5-12)16(21)13-6-8-14(9-7-13)19-10-17-18-11-19/h1-11,16,21H. The summed E-state index contributed by atoms with van der Waals surface area (Å²) in [5, 5.41) is 17.6. The smallest absolute Gasteiger partial charge is 0.195 e. The molecule has 0 amide bonds. The Labute approximate surface area is 121 Å². The van der Waals surface area contributed by atoms with Gasteiger partial charge in [-0.3, -0.25) is 9.36 Å². The molecule has 5 heteroatoms. The molecule has 3 aromatic rings. The fraction of sp³-hybridized carbons (Fsp3) is 0.0625. The predicted molar refractivity (Wildman–Crippen MR) is 77.1 cm³/mol. The molecule has 0 aliphatic rings. The van der Waals surface area contributed by atoms with Crippen molar-refractivity contribution in [1.82, 2.24) is 14.8 Å². The second-order valence-electron chi connectivity index (χ2n) is 4.59. The molecule has 104 valence electrons. The van der Waals surface area contributed by atoms with Gasteiger partial charge in [0.15, 0.2) is 5.78 Å². The van der Waals surface area contributed by atoms with Crippen LogP contribution in [0.3, 0.4) is 0 Å². The molecule has 3 rings (SSSR count). The second-order valence-corrected chi connectivity index (χ2v) is 4.59. The van der Waals surface area contributed by atoms with Gasteiger partial charge in [0, 0.05) is 11.3 Å². The quantitative estimate of drug-likeness (QED) is 0.743. The van der Waals surface area contributed by atoms with Crippen molar-refractivity contribution in [2.24, 2.45) is 0 Å².